The van der Waals surface area contributed by atoms with Crippen LogP contribution in [0.25, 0.3) is 0 Å². The molecule has 2 heterocycles. The first-order valence-corrected chi connectivity index (χ1v) is 6.20. The SMILES string of the molecule is COc1nc(CCN)cc(N2CCCCC2)n1. The van der Waals surface area contributed by atoms with E-state index in [9.17, 15) is 0 Å². The van der Waals surface area contributed by atoms with Gasteiger partial charge in [-0.25, -0.2) is 4.98 Å². The van der Waals surface area contributed by atoms with Crippen molar-refractivity contribution in [1.82, 2.24) is 9.97 Å². The van der Waals surface area contributed by atoms with Crippen molar-refractivity contribution in [3.63, 3.8) is 0 Å². The van der Waals surface area contributed by atoms with Crippen molar-refractivity contribution in [2.45, 2.75) is 25.7 Å². The normalized spacial score (nSPS) is 16.0. The number of ether oxygens (including phenoxy) is 1. The minimum Gasteiger partial charge on any atom is -0.467 e. The number of aromatic nitrogens is 2. The Morgan fingerprint density at radius 2 is 2.06 bits per heavy atom. The Labute approximate surface area is 102 Å². The molecule has 0 unspecified atom stereocenters. The van der Waals surface area contributed by atoms with E-state index in [0.717, 1.165) is 31.0 Å². The first-order valence-electron chi connectivity index (χ1n) is 6.20. The van der Waals surface area contributed by atoms with Gasteiger partial charge in [0.2, 0.25) is 0 Å². The lowest BCUT2D eigenvalue weighted by Gasteiger charge is -2.28. The highest BCUT2D eigenvalue weighted by molar-refractivity contribution is 5.41. The summed E-state index contributed by atoms with van der Waals surface area (Å²) < 4.78 is 5.14. The summed E-state index contributed by atoms with van der Waals surface area (Å²) in [6.07, 6.45) is 4.55. The van der Waals surface area contributed by atoms with Crippen LogP contribution >= 0.6 is 0 Å². The van der Waals surface area contributed by atoms with Crippen molar-refractivity contribution in [2.75, 3.05) is 31.6 Å². The Morgan fingerprint density at radius 1 is 1.29 bits per heavy atom. The molecule has 0 bridgehead atoms. The second-order valence-electron chi connectivity index (χ2n) is 4.29. The zero-order valence-electron chi connectivity index (χ0n) is 10.4. The van der Waals surface area contributed by atoms with Gasteiger partial charge in [-0.15, -0.1) is 0 Å². The number of nitrogens with zero attached hydrogens (tertiary/aromatic N) is 3. The Bertz CT molecular complexity index is 364. The molecule has 0 amide bonds. The van der Waals surface area contributed by atoms with E-state index in [1.807, 2.05) is 6.07 Å². The molecule has 0 radical (unpaired) electrons. The first-order chi connectivity index (χ1) is 8.33. The third kappa shape index (κ3) is 3.06. The molecule has 0 atom stereocenters. The molecular formula is C12H20N4O. The molecule has 1 aliphatic rings. The standard InChI is InChI=1S/C12H20N4O/c1-17-12-14-10(5-6-13)9-11(15-12)16-7-3-2-4-8-16/h9H,2-8,13H2,1H3. The summed E-state index contributed by atoms with van der Waals surface area (Å²) in [7, 11) is 1.60. The van der Waals surface area contributed by atoms with Crippen molar-refractivity contribution in [3.8, 4) is 6.01 Å². The zero-order chi connectivity index (χ0) is 12.1. The molecule has 1 aromatic rings. The van der Waals surface area contributed by atoms with Crippen LogP contribution in [0.15, 0.2) is 6.07 Å². The van der Waals surface area contributed by atoms with Crippen molar-refractivity contribution in [1.29, 1.82) is 0 Å². The summed E-state index contributed by atoms with van der Waals surface area (Å²) in [5.41, 5.74) is 6.52. The van der Waals surface area contributed by atoms with E-state index in [4.69, 9.17) is 10.5 Å². The molecule has 0 aromatic carbocycles. The van der Waals surface area contributed by atoms with E-state index < -0.39 is 0 Å². The third-order valence-electron chi connectivity index (χ3n) is 3.01. The van der Waals surface area contributed by atoms with Gasteiger partial charge in [-0.05, 0) is 25.8 Å². The van der Waals surface area contributed by atoms with Gasteiger partial charge < -0.3 is 15.4 Å². The van der Waals surface area contributed by atoms with Gasteiger partial charge in [0.25, 0.3) is 0 Å². The van der Waals surface area contributed by atoms with E-state index in [-0.39, 0.29) is 0 Å². The van der Waals surface area contributed by atoms with Crippen LogP contribution in [0.4, 0.5) is 5.82 Å². The lowest BCUT2D eigenvalue weighted by Crippen LogP contribution is -2.30. The minimum atomic E-state index is 0.441. The van der Waals surface area contributed by atoms with Gasteiger partial charge >= 0.3 is 6.01 Å². The number of anilines is 1. The molecule has 5 heteroatoms. The number of methoxy groups -OCH3 is 1. The van der Waals surface area contributed by atoms with Crippen LogP contribution in [0.5, 0.6) is 6.01 Å². The second kappa shape index (κ2) is 5.82. The van der Waals surface area contributed by atoms with Crippen LogP contribution in [-0.4, -0.2) is 36.7 Å². The average molecular weight is 236 g/mol. The lowest BCUT2D eigenvalue weighted by atomic mass is 10.1. The van der Waals surface area contributed by atoms with Gasteiger partial charge in [-0.1, -0.05) is 0 Å². The third-order valence-corrected chi connectivity index (χ3v) is 3.01. The minimum absolute atomic E-state index is 0.441. The van der Waals surface area contributed by atoms with Gasteiger partial charge in [-0.2, -0.15) is 4.98 Å². The largest absolute Gasteiger partial charge is 0.467 e. The fourth-order valence-corrected chi connectivity index (χ4v) is 2.11. The van der Waals surface area contributed by atoms with Crippen LogP contribution in [0, 0.1) is 0 Å². The molecule has 1 aliphatic heterocycles. The predicted octanol–water partition coefficient (Wildman–Crippen LogP) is 0.977. The fraction of sp³-hybridized carbons (Fsp3) is 0.667. The Balaban J connectivity index is 2.21. The smallest absolute Gasteiger partial charge is 0.318 e. The lowest BCUT2D eigenvalue weighted by molar-refractivity contribution is 0.377. The monoisotopic (exact) mass is 236 g/mol. The van der Waals surface area contributed by atoms with Crippen LogP contribution in [0.2, 0.25) is 0 Å². The van der Waals surface area contributed by atoms with Crippen LogP contribution in [0.1, 0.15) is 25.0 Å². The van der Waals surface area contributed by atoms with E-state index in [1.54, 1.807) is 7.11 Å². The molecule has 2 N–H and O–H groups in total. The predicted molar refractivity (Wildman–Crippen MR) is 67.4 cm³/mol. The van der Waals surface area contributed by atoms with Crippen molar-refractivity contribution in [3.05, 3.63) is 11.8 Å². The quantitative estimate of drug-likeness (QED) is 0.844. The highest BCUT2D eigenvalue weighted by Crippen LogP contribution is 2.20. The topological polar surface area (TPSA) is 64.3 Å². The van der Waals surface area contributed by atoms with Crippen LogP contribution in [0.3, 0.4) is 0 Å². The summed E-state index contributed by atoms with van der Waals surface area (Å²) in [6, 6.07) is 2.47. The number of nitrogens with two attached hydrogens (primary N) is 1. The highest BCUT2D eigenvalue weighted by Gasteiger charge is 2.14. The molecule has 1 saturated heterocycles. The van der Waals surface area contributed by atoms with Crippen LogP contribution < -0.4 is 15.4 Å². The van der Waals surface area contributed by atoms with Gasteiger partial charge in [0.05, 0.1) is 12.8 Å². The van der Waals surface area contributed by atoms with E-state index in [1.165, 1.54) is 19.3 Å². The zero-order valence-corrected chi connectivity index (χ0v) is 10.4. The Kier molecular flexibility index (Phi) is 4.14. The maximum absolute atomic E-state index is 5.57. The Hall–Kier alpha value is -1.36. The summed E-state index contributed by atoms with van der Waals surface area (Å²) in [5.74, 6) is 0.972. The molecular weight excluding hydrogens is 216 g/mol. The average Bonchev–Trinajstić information content (AvgIpc) is 2.40. The fourth-order valence-electron chi connectivity index (χ4n) is 2.11. The molecule has 1 aromatic heterocycles. The van der Waals surface area contributed by atoms with Crippen molar-refractivity contribution >= 4 is 5.82 Å². The summed E-state index contributed by atoms with van der Waals surface area (Å²) in [6.45, 7) is 2.74. The second-order valence-corrected chi connectivity index (χ2v) is 4.29. The Morgan fingerprint density at radius 3 is 2.71 bits per heavy atom. The maximum Gasteiger partial charge on any atom is 0.318 e. The van der Waals surface area contributed by atoms with E-state index in [0.29, 0.717) is 12.6 Å². The maximum atomic E-state index is 5.57. The van der Waals surface area contributed by atoms with Gasteiger partial charge in [0.1, 0.15) is 5.82 Å². The summed E-state index contributed by atoms with van der Waals surface area (Å²) in [4.78, 5) is 11.0. The van der Waals surface area contributed by atoms with Crippen molar-refractivity contribution in [2.24, 2.45) is 5.73 Å². The molecule has 1 fully saturated rings. The van der Waals surface area contributed by atoms with Gasteiger partial charge in [-0.3, -0.25) is 0 Å². The molecule has 2 rings (SSSR count). The summed E-state index contributed by atoms with van der Waals surface area (Å²) in [5, 5.41) is 0. The molecule has 0 aliphatic carbocycles. The molecule has 5 nitrogen and oxygen atoms in total. The van der Waals surface area contributed by atoms with E-state index in [2.05, 4.69) is 14.9 Å². The molecule has 0 saturated carbocycles. The first kappa shape index (κ1) is 12.1. The molecule has 17 heavy (non-hydrogen) atoms. The molecule has 94 valence electrons. The summed E-state index contributed by atoms with van der Waals surface area (Å²) >= 11 is 0. The van der Waals surface area contributed by atoms with Gasteiger partial charge in [0, 0.05) is 25.6 Å². The van der Waals surface area contributed by atoms with E-state index >= 15 is 0 Å². The number of piperidine rings is 1. The number of rotatable bonds is 4. The van der Waals surface area contributed by atoms with Gasteiger partial charge in [0.15, 0.2) is 0 Å². The number of hydrogen-bond acceptors (Lipinski definition) is 5. The molecule has 0 spiro atoms. The van der Waals surface area contributed by atoms with Crippen molar-refractivity contribution < 1.29 is 4.74 Å². The highest BCUT2D eigenvalue weighted by atomic mass is 16.5. The number of hydrogen-bond donors (Lipinski definition) is 1. The van der Waals surface area contributed by atoms with Crippen LogP contribution in [-0.2, 0) is 6.42 Å².